The van der Waals surface area contributed by atoms with Crippen molar-refractivity contribution in [1.82, 2.24) is 4.90 Å². The summed E-state index contributed by atoms with van der Waals surface area (Å²) in [4.78, 5) is 1.84. The molecule has 2 atom stereocenters. The van der Waals surface area contributed by atoms with Crippen LogP contribution >= 0.6 is 0 Å². The zero-order chi connectivity index (χ0) is 11.0. The average molecular weight is 214 g/mol. The third-order valence-corrected chi connectivity index (χ3v) is 3.60. The van der Waals surface area contributed by atoms with E-state index in [2.05, 4.69) is 24.4 Å². The van der Waals surface area contributed by atoms with E-state index in [1.54, 1.807) is 0 Å². The largest absolute Gasteiger partial charge is 0.373 e. The van der Waals surface area contributed by atoms with Crippen LogP contribution in [0.4, 0.5) is 0 Å². The Bertz CT molecular complexity index is 438. The van der Waals surface area contributed by atoms with Gasteiger partial charge >= 0.3 is 0 Å². The standard InChI is InChI=1S/C13H14N2O/c14-9-15-6-5-13-12(7-15)11-4-2-1-3-10(11)8-16-13/h1-4,12-13H,5-8H2/t12-,13+/m1/s1. The molecule has 0 N–H and O–H groups in total. The van der Waals surface area contributed by atoms with E-state index < -0.39 is 0 Å². The molecule has 0 aliphatic carbocycles. The third-order valence-electron chi connectivity index (χ3n) is 3.60. The van der Waals surface area contributed by atoms with Gasteiger partial charge in [-0.1, -0.05) is 24.3 Å². The van der Waals surface area contributed by atoms with Crippen molar-refractivity contribution in [2.75, 3.05) is 13.1 Å². The number of fused-ring (bicyclic) bond motifs is 3. The number of likely N-dealkylation sites (tertiary alicyclic amines) is 1. The van der Waals surface area contributed by atoms with Crippen LogP contribution < -0.4 is 0 Å². The van der Waals surface area contributed by atoms with Gasteiger partial charge in [-0.15, -0.1) is 0 Å². The molecule has 1 aromatic rings. The van der Waals surface area contributed by atoms with Crippen molar-refractivity contribution in [1.29, 1.82) is 5.26 Å². The molecule has 1 aromatic carbocycles. The highest BCUT2D eigenvalue weighted by atomic mass is 16.5. The summed E-state index contributed by atoms with van der Waals surface area (Å²) in [5, 5.41) is 8.96. The van der Waals surface area contributed by atoms with Crippen LogP contribution in [0, 0.1) is 11.5 Å². The predicted molar refractivity (Wildman–Crippen MR) is 59.6 cm³/mol. The molecule has 2 aliphatic heterocycles. The molecule has 0 amide bonds. The normalized spacial score (nSPS) is 27.8. The molecule has 0 bridgehead atoms. The van der Waals surface area contributed by atoms with Gasteiger partial charge in [-0.3, -0.25) is 0 Å². The Kier molecular flexibility index (Phi) is 2.30. The lowest BCUT2D eigenvalue weighted by Gasteiger charge is -2.40. The van der Waals surface area contributed by atoms with Crippen molar-refractivity contribution in [2.24, 2.45) is 0 Å². The maximum Gasteiger partial charge on any atom is 0.179 e. The number of ether oxygens (including phenoxy) is 1. The summed E-state index contributed by atoms with van der Waals surface area (Å²) in [7, 11) is 0. The Morgan fingerprint density at radius 3 is 3.12 bits per heavy atom. The van der Waals surface area contributed by atoms with Gasteiger partial charge < -0.3 is 9.64 Å². The van der Waals surface area contributed by atoms with E-state index in [9.17, 15) is 0 Å². The van der Waals surface area contributed by atoms with Gasteiger partial charge in [0.25, 0.3) is 0 Å². The second kappa shape index (κ2) is 3.80. The number of nitrogens with zero attached hydrogens (tertiary/aromatic N) is 2. The molecule has 0 spiro atoms. The van der Waals surface area contributed by atoms with Crippen LogP contribution in [0.15, 0.2) is 24.3 Å². The molecule has 0 radical (unpaired) electrons. The molecule has 82 valence electrons. The highest BCUT2D eigenvalue weighted by Gasteiger charge is 2.34. The second-order valence-corrected chi connectivity index (χ2v) is 4.49. The topological polar surface area (TPSA) is 36.3 Å². The minimum Gasteiger partial charge on any atom is -0.373 e. The van der Waals surface area contributed by atoms with Crippen molar-refractivity contribution >= 4 is 0 Å². The number of hydrogen-bond donors (Lipinski definition) is 0. The predicted octanol–water partition coefficient (Wildman–Crippen LogP) is 1.86. The van der Waals surface area contributed by atoms with Gasteiger partial charge in [0.15, 0.2) is 6.19 Å². The summed E-state index contributed by atoms with van der Waals surface area (Å²) in [6.45, 7) is 2.36. The minimum atomic E-state index is 0.305. The maximum atomic E-state index is 8.96. The van der Waals surface area contributed by atoms with Gasteiger partial charge in [-0.05, 0) is 17.5 Å². The van der Waals surface area contributed by atoms with Gasteiger partial charge in [-0.2, -0.15) is 5.26 Å². The first-order valence-electron chi connectivity index (χ1n) is 5.72. The fraction of sp³-hybridized carbons (Fsp3) is 0.462. The summed E-state index contributed by atoms with van der Waals surface area (Å²) < 4.78 is 5.87. The van der Waals surface area contributed by atoms with Crippen molar-refractivity contribution < 1.29 is 4.74 Å². The lowest BCUT2D eigenvalue weighted by atomic mass is 9.83. The molecular weight excluding hydrogens is 200 g/mol. The van der Waals surface area contributed by atoms with Gasteiger partial charge in [-0.25, -0.2) is 0 Å². The summed E-state index contributed by atoms with van der Waals surface area (Å²) in [6.07, 6.45) is 3.52. The Morgan fingerprint density at radius 2 is 2.25 bits per heavy atom. The van der Waals surface area contributed by atoms with Gasteiger partial charge in [0.1, 0.15) is 0 Å². The van der Waals surface area contributed by atoms with Crippen LogP contribution in [0.2, 0.25) is 0 Å². The van der Waals surface area contributed by atoms with Crippen LogP contribution in [0.5, 0.6) is 0 Å². The molecule has 1 fully saturated rings. The van der Waals surface area contributed by atoms with Crippen molar-refractivity contribution in [3.63, 3.8) is 0 Å². The Balaban J connectivity index is 1.94. The lowest BCUT2D eigenvalue weighted by molar-refractivity contribution is -0.0222. The average Bonchev–Trinajstić information content (AvgIpc) is 2.38. The van der Waals surface area contributed by atoms with Crippen LogP contribution in [-0.2, 0) is 11.3 Å². The molecule has 2 aliphatic rings. The molecule has 3 nitrogen and oxygen atoms in total. The zero-order valence-corrected chi connectivity index (χ0v) is 9.10. The van der Waals surface area contributed by atoms with Gasteiger partial charge in [0.05, 0.1) is 12.7 Å². The minimum absolute atomic E-state index is 0.305. The van der Waals surface area contributed by atoms with Crippen LogP contribution in [0.25, 0.3) is 0 Å². The molecule has 0 saturated carbocycles. The smallest absolute Gasteiger partial charge is 0.179 e. The monoisotopic (exact) mass is 214 g/mol. The maximum absolute atomic E-state index is 8.96. The van der Waals surface area contributed by atoms with E-state index in [0.29, 0.717) is 12.0 Å². The number of hydrogen-bond acceptors (Lipinski definition) is 3. The van der Waals surface area contributed by atoms with Crippen molar-refractivity contribution in [3.05, 3.63) is 35.4 Å². The number of nitriles is 1. The Morgan fingerprint density at radius 1 is 1.38 bits per heavy atom. The summed E-state index contributed by atoms with van der Waals surface area (Å²) in [5.41, 5.74) is 2.65. The Hall–Kier alpha value is -1.53. The molecule has 3 rings (SSSR count). The van der Waals surface area contributed by atoms with E-state index in [-0.39, 0.29) is 0 Å². The Labute approximate surface area is 95.2 Å². The van der Waals surface area contributed by atoms with Crippen molar-refractivity contribution in [3.8, 4) is 6.19 Å². The highest BCUT2D eigenvalue weighted by molar-refractivity contribution is 5.33. The third kappa shape index (κ3) is 1.46. The van der Waals surface area contributed by atoms with E-state index in [1.807, 2.05) is 11.0 Å². The first kappa shape index (κ1) is 9.68. The molecule has 16 heavy (non-hydrogen) atoms. The van der Waals surface area contributed by atoms with Crippen LogP contribution in [0.3, 0.4) is 0 Å². The summed E-state index contributed by atoms with van der Waals surface area (Å²) in [6, 6.07) is 8.42. The summed E-state index contributed by atoms with van der Waals surface area (Å²) >= 11 is 0. The van der Waals surface area contributed by atoms with E-state index in [1.165, 1.54) is 11.1 Å². The first-order chi connectivity index (χ1) is 7.88. The van der Waals surface area contributed by atoms with E-state index in [4.69, 9.17) is 10.00 Å². The van der Waals surface area contributed by atoms with Crippen molar-refractivity contribution in [2.45, 2.75) is 25.0 Å². The van der Waals surface area contributed by atoms with Crippen LogP contribution in [0.1, 0.15) is 23.5 Å². The number of piperidine rings is 1. The highest BCUT2D eigenvalue weighted by Crippen LogP contribution is 2.35. The number of rotatable bonds is 0. The molecule has 0 aromatic heterocycles. The van der Waals surface area contributed by atoms with Gasteiger partial charge in [0.2, 0.25) is 0 Å². The fourth-order valence-electron chi connectivity index (χ4n) is 2.74. The lowest BCUT2D eigenvalue weighted by Crippen LogP contribution is -2.42. The van der Waals surface area contributed by atoms with E-state index >= 15 is 0 Å². The molecule has 1 saturated heterocycles. The molecule has 3 heteroatoms. The van der Waals surface area contributed by atoms with Crippen LogP contribution in [-0.4, -0.2) is 24.1 Å². The number of benzene rings is 1. The quantitative estimate of drug-likeness (QED) is 0.618. The first-order valence-corrected chi connectivity index (χ1v) is 5.72. The SMILES string of the molecule is N#CN1CC[C@@H]2OCc3ccccc3[C@H]2C1. The van der Waals surface area contributed by atoms with E-state index in [0.717, 1.165) is 26.1 Å². The van der Waals surface area contributed by atoms with Gasteiger partial charge in [0, 0.05) is 19.0 Å². The summed E-state index contributed by atoms with van der Waals surface area (Å²) in [5.74, 6) is 0.373. The molecule has 2 heterocycles. The molecule has 0 unspecified atom stereocenters. The molecular formula is C13H14N2O. The fourth-order valence-corrected chi connectivity index (χ4v) is 2.74. The zero-order valence-electron chi connectivity index (χ0n) is 9.10. The second-order valence-electron chi connectivity index (χ2n) is 4.49.